The van der Waals surface area contributed by atoms with Gasteiger partial charge in [-0.25, -0.2) is 0 Å². The first-order chi connectivity index (χ1) is 10.2. The zero-order valence-electron chi connectivity index (χ0n) is 13.9. The maximum atomic E-state index is 5.53. The van der Waals surface area contributed by atoms with Crippen molar-refractivity contribution in [3.05, 3.63) is 24.0 Å². The minimum Gasteiger partial charge on any atom is -0.495 e. The molecule has 0 aromatic carbocycles. The molecule has 1 fully saturated rings. The molecule has 2 unspecified atom stereocenters. The van der Waals surface area contributed by atoms with Crippen LogP contribution in [0.15, 0.2) is 18.3 Å². The molecule has 4 nitrogen and oxygen atoms in total. The molecule has 2 heterocycles. The topological polar surface area (TPSA) is 37.4 Å². The Bertz CT molecular complexity index is 445. The molecule has 1 aromatic heterocycles. The van der Waals surface area contributed by atoms with Crippen LogP contribution in [0, 0.1) is 0 Å². The quantitative estimate of drug-likeness (QED) is 0.874. The maximum Gasteiger partial charge on any atom is 0.142 e. The van der Waals surface area contributed by atoms with Crippen molar-refractivity contribution in [2.24, 2.45) is 0 Å². The van der Waals surface area contributed by atoms with Crippen molar-refractivity contribution < 1.29 is 4.74 Å². The number of hydrogen-bond donors (Lipinski definition) is 1. The number of hydrogen-bond acceptors (Lipinski definition) is 4. The number of piperidine rings is 1. The molecule has 0 amide bonds. The van der Waals surface area contributed by atoms with Gasteiger partial charge in [0.05, 0.1) is 13.2 Å². The maximum absolute atomic E-state index is 5.53. The highest BCUT2D eigenvalue weighted by atomic mass is 16.5. The van der Waals surface area contributed by atoms with E-state index in [0.29, 0.717) is 0 Å². The van der Waals surface area contributed by atoms with Gasteiger partial charge in [-0.2, -0.15) is 0 Å². The molecule has 4 heteroatoms. The summed E-state index contributed by atoms with van der Waals surface area (Å²) < 4.78 is 5.53. The molecule has 0 radical (unpaired) electrons. The summed E-state index contributed by atoms with van der Waals surface area (Å²) in [5.41, 5.74) is 1.06. The van der Waals surface area contributed by atoms with Gasteiger partial charge >= 0.3 is 0 Å². The highest BCUT2D eigenvalue weighted by molar-refractivity contribution is 5.32. The van der Waals surface area contributed by atoms with Crippen LogP contribution in [0.3, 0.4) is 0 Å². The van der Waals surface area contributed by atoms with Crippen LogP contribution in [-0.4, -0.2) is 42.7 Å². The average molecular weight is 291 g/mol. The third-order valence-corrected chi connectivity index (χ3v) is 5.00. The normalized spacial score (nSPS) is 20.8. The summed E-state index contributed by atoms with van der Waals surface area (Å²) >= 11 is 0. The largest absolute Gasteiger partial charge is 0.495 e. The van der Waals surface area contributed by atoms with Crippen molar-refractivity contribution in [2.45, 2.75) is 51.1 Å². The van der Waals surface area contributed by atoms with Crippen molar-refractivity contribution in [1.29, 1.82) is 0 Å². The Labute approximate surface area is 128 Å². The molecule has 1 aliphatic heterocycles. The summed E-state index contributed by atoms with van der Waals surface area (Å²) in [6, 6.07) is 4.09. The number of pyridine rings is 1. The fourth-order valence-corrected chi connectivity index (χ4v) is 3.55. The van der Waals surface area contributed by atoms with E-state index in [2.05, 4.69) is 29.0 Å². The lowest BCUT2D eigenvalue weighted by atomic mass is 9.83. The number of likely N-dealkylation sites (tertiary alicyclic amines) is 1. The van der Waals surface area contributed by atoms with Crippen LogP contribution in [0.4, 0.5) is 0 Å². The van der Waals surface area contributed by atoms with Crippen LogP contribution in [0.1, 0.15) is 51.3 Å². The van der Waals surface area contributed by atoms with Gasteiger partial charge in [-0.1, -0.05) is 13.3 Å². The van der Waals surface area contributed by atoms with Crippen LogP contribution in [0.5, 0.6) is 5.75 Å². The summed E-state index contributed by atoms with van der Waals surface area (Å²) in [6.07, 6.45) is 6.89. The van der Waals surface area contributed by atoms with E-state index in [0.717, 1.165) is 17.9 Å². The second-order valence-electron chi connectivity index (χ2n) is 6.07. The van der Waals surface area contributed by atoms with Crippen molar-refractivity contribution >= 4 is 0 Å². The van der Waals surface area contributed by atoms with Crippen LogP contribution in [0.25, 0.3) is 0 Å². The molecular formula is C17H29N3O. The first kappa shape index (κ1) is 16.2. The summed E-state index contributed by atoms with van der Waals surface area (Å²) in [7, 11) is 3.74. The molecule has 118 valence electrons. The zero-order chi connectivity index (χ0) is 15.3. The monoisotopic (exact) mass is 291 g/mol. The standard InChI is InChI=1S/C17H29N3O/c1-5-17(2,20-12-7-6-8-13-20)16(18-3)15-14(21-4)10-9-11-19-15/h9-11,16,18H,5-8,12-13H2,1-4H3. The smallest absolute Gasteiger partial charge is 0.142 e. The van der Waals surface area contributed by atoms with E-state index in [4.69, 9.17) is 4.74 Å². The molecule has 1 N–H and O–H groups in total. The second kappa shape index (κ2) is 7.23. The highest BCUT2D eigenvalue weighted by Crippen LogP contribution is 2.38. The lowest BCUT2D eigenvalue weighted by Crippen LogP contribution is -2.55. The molecule has 1 saturated heterocycles. The highest BCUT2D eigenvalue weighted by Gasteiger charge is 2.40. The lowest BCUT2D eigenvalue weighted by molar-refractivity contribution is 0.0427. The Morgan fingerprint density at radius 2 is 2.10 bits per heavy atom. The van der Waals surface area contributed by atoms with Gasteiger partial charge in [-0.05, 0) is 58.5 Å². The van der Waals surface area contributed by atoms with Crippen LogP contribution >= 0.6 is 0 Å². The molecule has 1 aliphatic rings. The third-order valence-electron chi connectivity index (χ3n) is 5.00. The summed E-state index contributed by atoms with van der Waals surface area (Å²) in [5.74, 6) is 0.869. The van der Waals surface area contributed by atoms with Crippen molar-refractivity contribution in [3.8, 4) is 5.75 Å². The average Bonchev–Trinajstić information content (AvgIpc) is 2.56. The minimum atomic E-state index is 0.0524. The number of nitrogens with one attached hydrogen (secondary N) is 1. The van der Waals surface area contributed by atoms with E-state index in [1.165, 1.54) is 32.4 Å². The summed E-state index contributed by atoms with van der Waals surface area (Å²) in [5, 5.41) is 3.50. The summed E-state index contributed by atoms with van der Waals surface area (Å²) in [4.78, 5) is 7.25. The molecule has 21 heavy (non-hydrogen) atoms. The zero-order valence-corrected chi connectivity index (χ0v) is 13.9. The molecule has 1 aromatic rings. The predicted molar refractivity (Wildman–Crippen MR) is 86.7 cm³/mol. The molecule has 0 aliphatic carbocycles. The summed E-state index contributed by atoms with van der Waals surface area (Å²) in [6.45, 7) is 6.98. The van der Waals surface area contributed by atoms with Gasteiger partial charge in [0.1, 0.15) is 11.4 Å². The fraction of sp³-hybridized carbons (Fsp3) is 0.706. The Hall–Kier alpha value is -1.13. The molecule has 0 bridgehead atoms. The molecule has 2 atom stereocenters. The molecular weight excluding hydrogens is 262 g/mol. The fourth-order valence-electron chi connectivity index (χ4n) is 3.55. The number of aromatic nitrogens is 1. The number of methoxy groups -OCH3 is 1. The van der Waals surface area contributed by atoms with Crippen molar-refractivity contribution in [3.63, 3.8) is 0 Å². The van der Waals surface area contributed by atoms with Gasteiger partial charge in [0.25, 0.3) is 0 Å². The van der Waals surface area contributed by atoms with Crippen molar-refractivity contribution in [1.82, 2.24) is 15.2 Å². The van der Waals surface area contributed by atoms with E-state index in [-0.39, 0.29) is 11.6 Å². The Morgan fingerprint density at radius 3 is 2.67 bits per heavy atom. The number of ether oxygens (including phenoxy) is 1. The molecule has 2 rings (SSSR count). The lowest BCUT2D eigenvalue weighted by Gasteiger charge is -2.47. The SMILES string of the molecule is CCC(C)(C(NC)c1ncccc1OC)N1CCCCC1. The second-order valence-corrected chi connectivity index (χ2v) is 6.07. The molecule has 0 spiro atoms. The number of nitrogens with zero attached hydrogens (tertiary/aromatic N) is 2. The minimum absolute atomic E-state index is 0.0524. The van der Waals surface area contributed by atoms with Gasteiger partial charge in [0.15, 0.2) is 0 Å². The van der Waals surface area contributed by atoms with Gasteiger partial charge in [-0.15, -0.1) is 0 Å². The van der Waals surface area contributed by atoms with Gasteiger partial charge in [-0.3, -0.25) is 9.88 Å². The predicted octanol–water partition coefficient (Wildman–Crippen LogP) is 3.01. The van der Waals surface area contributed by atoms with E-state index in [1.54, 1.807) is 7.11 Å². The van der Waals surface area contributed by atoms with E-state index in [9.17, 15) is 0 Å². The number of rotatable bonds is 6. The number of likely N-dealkylation sites (N-methyl/N-ethyl adjacent to an activating group) is 1. The Balaban J connectivity index is 2.36. The van der Waals surface area contributed by atoms with Crippen LogP contribution in [-0.2, 0) is 0 Å². The van der Waals surface area contributed by atoms with Crippen molar-refractivity contribution in [2.75, 3.05) is 27.2 Å². The van der Waals surface area contributed by atoms with Gasteiger partial charge in [0, 0.05) is 11.7 Å². The van der Waals surface area contributed by atoms with E-state index in [1.807, 2.05) is 25.4 Å². The van der Waals surface area contributed by atoms with E-state index >= 15 is 0 Å². The first-order valence-corrected chi connectivity index (χ1v) is 8.08. The Kier molecular flexibility index (Phi) is 5.59. The van der Waals surface area contributed by atoms with Gasteiger partial charge < -0.3 is 10.1 Å². The van der Waals surface area contributed by atoms with Gasteiger partial charge in [0.2, 0.25) is 0 Å². The van der Waals surface area contributed by atoms with Crippen LogP contribution < -0.4 is 10.1 Å². The molecule has 0 saturated carbocycles. The van der Waals surface area contributed by atoms with Crippen LogP contribution in [0.2, 0.25) is 0 Å². The van der Waals surface area contributed by atoms with E-state index < -0.39 is 0 Å². The first-order valence-electron chi connectivity index (χ1n) is 8.08. The third kappa shape index (κ3) is 3.22. The Morgan fingerprint density at radius 1 is 1.38 bits per heavy atom.